The van der Waals surface area contributed by atoms with Gasteiger partial charge in [0.1, 0.15) is 0 Å². The number of carbonyl (C=O) groups is 3. The highest BCUT2D eigenvalue weighted by Crippen LogP contribution is 2.11. The summed E-state index contributed by atoms with van der Waals surface area (Å²) < 4.78 is 0.812. The van der Waals surface area contributed by atoms with Gasteiger partial charge in [-0.15, -0.1) is 0 Å². The Morgan fingerprint density at radius 3 is 2.33 bits per heavy atom. The van der Waals surface area contributed by atoms with Crippen LogP contribution >= 0.6 is 15.9 Å². The number of halogens is 1. The van der Waals surface area contributed by atoms with E-state index < -0.39 is 0 Å². The first-order valence-electron chi connectivity index (χ1n) is 7.99. The van der Waals surface area contributed by atoms with Crippen LogP contribution in [-0.4, -0.2) is 60.2 Å². The molecule has 24 heavy (non-hydrogen) atoms. The summed E-state index contributed by atoms with van der Waals surface area (Å²) in [6.45, 7) is 5.80. The average Bonchev–Trinajstić information content (AvgIpc) is 2.58. The Morgan fingerprint density at radius 2 is 1.75 bits per heavy atom. The van der Waals surface area contributed by atoms with Crippen molar-refractivity contribution in [1.82, 2.24) is 15.1 Å². The highest BCUT2D eigenvalue weighted by molar-refractivity contribution is 9.10. The van der Waals surface area contributed by atoms with Crippen molar-refractivity contribution in [2.45, 2.75) is 13.8 Å². The Bertz CT molecular complexity index is 625. The highest BCUT2D eigenvalue weighted by atomic mass is 79.9. The fourth-order valence-corrected chi connectivity index (χ4v) is 2.94. The fraction of sp³-hybridized carbons (Fsp3) is 0.471. The summed E-state index contributed by atoms with van der Waals surface area (Å²) in [7, 11) is 0. The number of rotatable bonds is 4. The van der Waals surface area contributed by atoms with Crippen molar-refractivity contribution in [3.8, 4) is 0 Å². The zero-order valence-electron chi connectivity index (χ0n) is 13.9. The van der Waals surface area contributed by atoms with Crippen LogP contribution in [0.5, 0.6) is 0 Å². The molecular weight excluding hydrogens is 374 g/mol. The zero-order chi connectivity index (χ0) is 17.7. The van der Waals surface area contributed by atoms with E-state index in [1.54, 1.807) is 28.0 Å². The van der Waals surface area contributed by atoms with Gasteiger partial charge >= 0.3 is 0 Å². The molecule has 3 amide bonds. The normalized spacial score (nSPS) is 14.7. The molecule has 0 bridgehead atoms. The zero-order valence-corrected chi connectivity index (χ0v) is 15.5. The van der Waals surface area contributed by atoms with Gasteiger partial charge in [0.2, 0.25) is 11.8 Å². The molecule has 1 aromatic carbocycles. The first kappa shape index (κ1) is 18.4. The van der Waals surface area contributed by atoms with Crippen LogP contribution in [0.3, 0.4) is 0 Å². The molecule has 7 heteroatoms. The molecule has 130 valence electrons. The first-order chi connectivity index (χ1) is 11.4. The minimum Gasteiger partial charge on any atom is -0.343 e. The van der Waals surface area contributed by atoms with Crippen LogP contribution in [0.25, 0.3) is 0 Å². The van der Waals surface area contributed by atoms with Crippen molar-refractivity contribution in [2.75, 3.05) is 32.7 Å². The van der Waals surface area contributed by atoms with Crippen molar-refractivity contribution >= 4 is 33.7 Å². The van der Waals surface area contributed by atoms with Gasteiger partial charge in [-0.25, -0.2) is 0 Å². The number of carbonyl (C=O) groups excluding carboxylic acids is 3. The van der Waals surface area contributed by atoms with E-state index in [9.17, 15) is 14.4 Å². The van der Waals surface area contributed by atoms with E-state index in [4.69, 9.17) is 0 Å². The SMILES string of the molecule is CC(C)C(=O)N1CCN(C(=O)CNC(=O)c2cccc(Br)c2)CC1. The van der Waals surface area contributed by atoms with Gasteiger partial charge in [-0.2, -0.15) is 0 Å². The van der Waals surface area contributed by atoms with Crippen LogP contribution in [0.2, 0.25) is 0 Å². The molecule has 1 saturated heterocycles. The smallest absolute Gasteiger partial charge is 0.251 e. The average molecular weight is 396 g/mol. The van der Waals surface area contributed by atoms with E-state index in [-0.39, 0.29) is 30.2 Å². The number of hydrogen-bond acceptors (Lipinski definition) is 3. The van der Waals surface area contributed by atoms with Crippen LogP contribution < -0.4 is 5.32 Å². The maximum Gasteiger partial charge on any atom is 0.251 e. The summed E-state index contributed by atoms with van der Waals surface area (Å²) in [4.78, 5) is 39.7. The summed E-state index contributed by atoms with van der Waals surface area (Å²) in [5.74, 6) is -0.324. The standard InChI is InChI=1S/C17H22BrN3O3/c1-12(2)17(24)21-8-6-20(7-9-21)15(22)11-19-16(23)13-4-3-5-14(18)10-13/h3-5,10,12H,6-9,11H2,1-2H3,(H,19,23). The Hall–Kier alpha value is -1.89. The molecule has 6 nitrogen and oxygen atoms in total. The predicted molar refractivity (Wildman–Crippen MR) is 94.5 cm³/mol. The lowest BCUT2D eigenvalue weighted by Crippen LogP contribution is -2.53. The molecule has 1 heterocycles. The summed E-state index contributed by atoms with van der Waals surface area (Å²) in [6, 6.07) is 7.00. The molecule has 0 aliphatic carbocycles. The van der Waals surface area contributed by atoms with Gasteiger partial charge in [-0.1, -0.05) is 35.8 Å². The molecule has 0 atom stereocenters. The molecule has 1 fully saturated rings. The first-order valence-corrected chi connectivity index (χ1v) is 8.78. The van der Waals surface area contributed by atoms with Gasteiger partial charge in [0.05, 0.1) is 6.54 Å². The number of nitrogens with one attached hydrogen (secondary N) is 1. The van der Waals surface area contributed by atoms with E-state index >= 15 is 0 Å². The topological polar surface area (TPSA) is 69.7 Å². The third-order valence-corrected chi connectivity index (χ3v) is 4.42. The monoisotopic (exact) mass is 395 g/mol. The molecule has 1 aromatic rings. The summed E-state index contributed by atoms with van der Waals surface area (Å²) in [5.41, 5.74) is 0.504. The largest absolute Gasteiger partial charge is 0.343 e. The molecule has 0 spiro atoms. The summed E-state index contributed by atoms with van der Waals surface area (Å²) in [5, 5.41) is 2.64. The number of hydrogen-bond donors (Lipinski definition) is 1. The van der Waals surface area contributed by atoms with Crippen LogP contribution in [0.15, 0.2) is 28.7 Å². The van der Waals surface area contributed by atoms with Gasteiger partial charge < -0.3 is 15.1 Å². The molecule has 0 unspecified atom stereocenters. The summed E-state index contributed by atoms with van der Waals surface area (Å²) >= 11 is 3.31. The molecule has 1 aliphatic heterocycles. The molecule has 0 aromatic heterocycles. The second kappa shape index (κ2) is 8.28. The van der Waals surface area contributed by atoms with E-state index in [0.717, 1.165) is 4.47 Å². The van der Waals surface area contributed by atoms with Crippen LogP contribution in [0, 0.1) is 5.92 Å². The molecule has 0 saturated carbocycles. The Balaban J connectivity index is 1.80. The molecule has 1 aliphatic rings. The van der Waals surface area contributed by atoms with Crippen molar-refractivity contribution in [1.29, 1.82) is 0 Å². The number of piperazine rings is 1. The Kier molecular flexibility index (Phi) is 6.36. The van der Waals surface area contributed by atoms with Crippen molar-refractivity contribution < 1.29 is 14.4 Å². The van der Waals surface area contributed by atoms with Crippen molar-refractivity contribution in [3.63, 3.8) is 0 Å². The van der Waals surface area contributed by atoms with E-state index in [1.807, 2.05) is 19.9 Å². The second-order valence-electron chi connectivity index (χ2n) is 6.05. The van der Waals surface area contributed by atoms with Crippen molar-refractivity contribution in [3.05, 3.63) is 34.3 Å². The van der Waals surface area contributed by atoms with Gasteiger partial charge in [0, 0.05) is 42.1 Å². The van der Waals surface area contributed by atoms with E-state index in [1.165, 1.54) is 0 Å². The van der Waals surface area contributed by atoms with Gasteiger partial charge in [0.15, 0.2) is 0 Å². The van der Waals surface area contributed by atoms with Crippen LogP contribution in [0.4, 0.5) is 0 Å². The quantitative estimate of drug-likeness (QED) is 0.839. The Labute approximate surface area is 150 Å². The minimum atomic E-state index is -0.279. The number of benzene rings is 1. The maximum atomic E-state index is 12.2. The molecule has 0 radical (unpaired) electrons. The lowest BCUT2D eigenvalue weighted by molar-refractivity contribution is -0.140. The van der Waals surface area contributed by atoms with E-state index in [0.29, 0.717) is 31.7 Å². The van der Waals surface area contributed by atoms with Crippen LogP contribution in [0.1, 0.15) is 24.2 Å². The molecular formula is C17H22BrN3O3. The summed E-state index contributed by atoms with van der Waals surface area (Å²) in [6.07, 6.45) is 0. The third kappa shape index (κ3) is 4.80. The number of nitrogens with zero attached hydrogens (tertiary/aromatic N) is 2. The minimum absolute atomic E-state index is 0.0308. The Morgan fingerprint density at radius 1 is 1.12 bits per heavy atom. The number of amides is 3. The van der Waals surface area contributed by atoms with Crippen molar-refractivity contribution in [2.24, 2.45) is 5.92 Å². The lowest BCUT2D eigenvalue weighted by Gasteiger charge is -2.35. The fourth-order valence-electron chi connectivity index (χ4n) is 2.54. The third-order valence-electron chi connectivity index (χ3n) is 3.92. The maximum absolute atomic E-state index is 12.2. The van der Waals surface area contributed by atoms with Crippen LogP contribution in [-0.2, 0) is 9.59 Å². The lowest BCUT2D eigenvalue weighted by atomic mass is 10.1. The van der Waals surface area contributed by atoms with E-state index in [2.05, 4.69) is 21.2 Å². The predicted octanol–water partition coefficient (Wildman–Crippen LogP) is 1.51. The van der Waals surface area contributed by atoms with Gasteiger partial charge in [-0.3, -0.25) is 14.4 Å². The highest BCUT2D eigenvalue weighted by Gasteiger charge is 2.25. The van der Waals surface area contributed by atoms with Gasteiger partial charge in [0.25, 0.3) is 5.91 Å². The van der Waals surface area contributed by atoms with Gasteiger partial charge in [-0.05, 0) is 18.2 Å². The molecule has 1 N–H and O–H groups in total. The molecule has 2 rings (SSSR count). The second-order valence-corrected chi connectivity index (χ2v) is 6.97.